The van der Waals surface area contributed by atoms with E-state index in [1.54, 1.807) is 0 Å². The molecule has 0 bridgehead atoms. The van der Waals surface area contributed by atoms with Gasteiger partial charge in [0.25, 0.3) is 0 Å². The third-order valence-corrected chi connectivity index (χ3v) is 4.09. The maximum Gasteiger partial charge on any atom is 0.234 e. The second-order valence-electron chi connectivity index (χ2n) is 5.65. The Balaban J connectivity index is 1.94. The van der Waals surface area contributed by atoms with Gasteiger partial charge >= 0.3 is 0 Å². The number of carbonyl (C=O) groups excluding carboxylic acids is 1. The second kappa shape index (κ2) is 6.71. The fraction of sp³-hybridized carbons (Fsp3) is 0.562. The minimum Gasteiger partial charge on any atom is -0.368 e. The Morgan fingerprint density at radius 3 is 2.53 bits per heavy atom. The number of carbonyl (C=O) groups is 1. The zero-order valence-corrected chi connectivity index (χ0v) is 11.6. The minimum atomic E-state index is -0.227. The maximum atomic E-state index is 11.6. The highest BCUT2D eigenvalue weighted by atomic mass is 16.1. The van der Waals surface area contributed by atoms with E-state index in [4.69, 9.17) is 5.73 Å². The average molecular weight is 260 g/mol. The standard InChI is InChI=1S/C16H24N2O/c1-12(13-7-3-2-4-8-13)11-15(16(17)19)18-14-9-5-6-10-14/h2-4,7-8,12,14-15,18H,5-6,9-11H2,1H3,(H2,17,19). The van der Waals surface area contributed by atoms with Crippen LogP contribution in [0.1, 0.15) is 50.5 Å². The Bertz CT molecular complexity index is 398. The molecule has 0 radical (unpaired) electrons. The molecule has 3 heteroatoms. The summed E-state index contributed by atoms with van der Waals surface area (Å²) in [5.74, 6) is 0.113. The first-order chi connectivity index (χ1) is 9.16. The van der Waals surface area contributed by atoms with Crippen molar-refractivity contribution >= 4 is 5.91 Å². The van der Waals surface area contributed by atoms with Crippen molar-refractivity contribution < 1.29 is 4.79 Å². The Morgan fingerprint density at radius 1 is 1.32 bits per heavy atom. The molecule has 2 atom stereocenters. The van der Waals surface area contributed by atoms with Crippen LogP contribution >= 0.6 is 0 Å². The molecule has 0 aliphatic heterocycles. The Labute approximate surface area is 115 Å². The van der Waals surface area contributed by atoms with Crippen LogP contribution in [-0.2, 0) is 4.79 Å². The zero-order valence-electron chi connectivity index (χ0n) is 11.6. The van der Waals surface area contributed by atoms with Crippen LogP contribution < -0.4 is 11.1 Å². The molecule has 1 aliphatic rings. The van der Waals surface area contributed by atoms with Crippen LogP contribution in [0.5, 0.6) is 0 Å². The van der Waals surface area contributed by atoms with Crippen LogP contribution in [0.4, 0.5) is 0 Å². The predicted octanol–water partition coefficient (Wildman–Crippen LogP) is 2.57. The molecule has 19 heavy (non-hydrogen) atoms. The number of hydrogen-bond acceptors (Lipinski definition) is 2. The topological polar surface area (TPSA) is 55.1 Å². The predicted molar refractivity (Wildman–Crippen MR) is 77.8 cm³/mol. The molecule has 0 spiro atoms. The van der Waals surface area contributed by atoms with Gasteiger partial charge < -0.3 is 11.1 Å². The van der Waals surface area contributed by atoms with Gasteiger partial charge in [-0.3, -0.25) is 4.79 Å². The summed E-state index contributed by atoms with van der Waals surface area (Å²) in [4.78, 5) is 11.6. The normalized spacial score (nSPS) is 19.2. The molecule has 3 nitrogen and oxygen atoms in total. The van der Waals surface area contributed by atoms with Crippen molar-refractivity contribution in [3.05, 3.63) is 35.9 Å². The molecule has 3 N–H and O–H groups in total. The molecule has 1 saturated carbocycles. The first kappa shape index (κ1) is 14.1. The number of nitrogens with two attached hydrogens (primary N) is 1. The third-order valence-electron chi connectivity index (χ3n) is 4.09. The molecule has 2 rings (SSSR count). The molecule has 104 valence electrons. The van der Waals surface area contributed by atoms with Crippen molar-refractivity contribution in [1.82, 2.24) is 5.32 Å². The summed E-state index contributed by atoms with van der Waals surface area (Å²) in [7, 11) is 0. The lowest BCUT2D eigenvalue weighted by atomic mass is 9.93. The average Bonchev–Trinajstić information content (AvgIpc) is 2.91. The lowest BCUT2D eigenvalue weighted by molar-refractivity contribution is -0.120. The lowest BCUT2D eigenvalue weighted by Crippen LogP contribution is -2.46. The van der Waals surface area contributed by atoms with Gasteiger partial charge in [-0.05, 0) is 30.7 Å². The van der Waals surface area contributed by atoms with E-state index in [1.165, 1.54) is 31.2 Å². The van der Waals surface area contributed by atoms with Crippen LogP contribution in [0.3, 0.4) is 0 Å². The molecule has 2 unspecified atom stereocenters. The highest BCUT2D eigenvalue weighted by molar-refractivity contribution is 5.80. The molecule has 0 aromatic heterocycles. The summed E-state index contributed by atoms with van der Waals surface area (Å²) in [5.41, 5.74) is 6.81. The van der Waals surface area contributed by atoms with Gasteiger partial charge in [0.1, 0.15) is 0 Å². The van der Waals surface area contributed by atoms with Crippen molar-refractivity contribution in [2.24, 2.45) is 5.73 Å². The summed E-state index contributed by atoms with van der Waals surface area (Å²) in [6.07, 6.45) is 5.64. The molecule has 1 aliphatic carbocycles. The van der Waals surface area contributed by atoms with Gasteiger partial charge in [0.05, 0.1) is 6.04 Å². The highest BCUT2D eigenvalue weighted by Crippen LogP contribution is 2.23. The van der Waals surface area contributed by atoms with Crippen molar-refractivity contribution in [3.63, 3.8) is 0 Å². The van der Waals surface area contributed by atoms with E-state index < -0.39 is 0 Å². The number of benzene rings is 1. The van der Waals surface area contributed by atoms with Gasteiger partial charge in [-0.25, -0.2) is 0 Å². The van der Waals surface area contributed by atoms with Gasteiger partial charge in [-0.15, -0.1) is 0 Å². The van der Waals surface area contributed by atoms with Gasteiger partial charge in [0.15, 0.2) is 0 Å². The van der Waals surface area contributed by atoms with E-state index in [0.29, 0.717) is 12.0 Å². The number of nitrogens with one attached hydrogen (secondary N) is 1. The molecule has 1 aromatic carbocycles. The molecule has 0 saturated heterocycles. The summed E-state index contributed by atoms with van der Waals surface area (Å²) in [5, 5.41) is 3.44. The minimum absolute atomic E-state index is 0.210. The summed E-state index contributed by atoms with van der Waals surface area (Å²) in [6.45, 7) is 2.15. The zero-order chi connectivity index (χ0) is 13.7. The first-order valence-corrected chi connectivity index (χ1v) is 7.27. The highest BCUT2D eigenvalue weighted by Gasteiger charge is 2.24. The molecular formula is C16H24N2O. The van der Waals surface area contributed by atoms with E-state index in [0.717, 1.165) is 6.42 Å². The summed E-state index contributed by atoms with van der Waals surface area (Å²) >= 11 is 0. The van der Waals surface area contributed by atoms with Gasteiger partial charge in [0, 0.05) is 6.04 Å². The van der Waals surface area contributed by atoms with Crippen LogP contribution in [0.25, 0.3) is 0 Å². The van der Waals surface area contributed by atoms with Crippen LogP contribution in [0, 0.1) is 0 Å². The van der Waals surface area contributed by atoms with Crippen molar-refractivity contribution in [2.75, 3.05) is 0 Å². The van der Waals surface area contributed by atoms with E-state index in [-0.39, 0.29) is 11.9 Å². The number of amides is 1. The van der Waals surface area contributed by atoms with Gasteiger partial charge in [-0.2, -0.15) is 0 Å². The first-order valence-electron chi connectivity index (χ1n) is 7.27. The molecule has 0 heterocycles. The van der Waals surface area contributed by atoms with Gasteiger partial charge in [0.2, 0.25) is 5.91 Å². The SMILES string of the molecule is CC(CC(NC1CCCC1)C(N)=O)c1ccccc1. The largest absolute Gasteiger partial charge is 0.368 e. The second-order valence-corrected chi connectivity index (χ2v) is 5.65. The fourth-order valence-corrected chi connectivity index (χ4v) is 2.91. The lowest BCUT2D eigenvalue weighted by Gasteiger charge is -2.23. The maximum absolute atomic E-state index is 11.6. The van der Waals surface area contributed by atoms with E-state index >= 15 is 0 Å². The molecule has 1 aromatic rings. The van der Waals surface area contributed by atoms with Crippen LogP contribution in [-0.4, -0.2) is 18.0 Å². The van der Waals surface area contributed by atoms with E-state index in [1.807, 2.05) is 18.2 Å². The van der Waals surface area contributed by atoms with E-state index in [2.05, 4.69) is 24.4 Å². The Kier molecular flexibility index (Phi) is 4.97. The summed E-state index contributed by atoms with van der Waals surface area (Å²) < 4.78 is 0. The fourth-order valence-electron chi connectivity index (χ4n) is 2.91. The third kappa shape index (κ3) is 4.06. The molecule has 1 amide bonds. The smallest absolute Gasteiger partial charge is 0.234 e. The Morgan fingerprint density at radius 2 is 1.95 bits per heavy atom. The van der Waals surface area contributed by atoms with Gasteiger partial charge in [-0.1, -0.05) is 50.1 Å². The Hall–Kier alpha value is -1.35. The van der Waals surface area contributed by atoms with Crippen LogP contribution in [0.15, 0.2) is 30.3 Å². The van der Waals surface area contributed by atoms with Crippen molar-refractivity contribution in [1.29, 1.82) is 0 Å². The number of rotatable bonds is 6. The quantitative estimate of drug-likeness (QED) is 0.826. The molecular weight excluding hydrogens is 236 g/mol. The molecule has 1 fully saturated rings. The monoisotopic (exact) mass is 260 g/mol. The number of primary amides is 1. The van der Waals surface area contributed by atoms with Crippen molar-refractivity contribution in [3.8, 4) is 0 Å². The number of hydrogen-bond donors (Lipinski definition) is 2. The van der Waals surface area contributed by atoms with Crippen molar-refractivity contribution in [2.45, 2.75) is 57.0 Å². The van der Waals surface area contributed by atoms with Crippen LogP contribution in [0.2, 0.25) is 0 Å². The van der Waals surface area contributed by atoms with E-state index in [9.17, 15) is 4.79 Å². The summed E-state index contributed by atoms with van der Waals surface area (Å²) in [6, 6.07) is 10.6.